The molecule has 1 aliphatic rings. The molecule has 0 aromatic rings. The van der Waals surface area contributed by atoms with Crippen LogP contribution >= 0.6 is 8.58 Å². The number of hydrogen-bond donors (Lipinski definition) is 0. The van der Waals surface area contributed by atoms with Crippen LogP contribution in [0.3, 0.4) is 0 Å². The lowest BCUT2D eigenvalue weighted by Crippen LogP contribution is -2.55. The van der Waals surface area contributed by atoms with Gasteiger partial charge in [0.2, 0.25) is 0 Å². The Balaban J connectivity index is 2.30. The quantitative estimate of drug-likeness (QED) is 0.662. The third-order valence-electron chi connectivity index (χ3n) is 3.67. The van der Waals surface area contributed by atoms with Gasteiger partial charge < -0.3 is 4.90 Å². The molecule has 0 aromatic heterocycles. The topological polar surface area (TPSA) is 6.48 Å². The Morgan fingerprint density at radius 1 is 1.12 bits per heavy atom. The molecule has 0 amide bonds. The summed E-state index contributed by atoms with van der Waals surface area (Å²) in [6.45, 7) is 15.8. The number of rotatable bonds is 6. The van der Waals surface area contributed by atoms with Crippen LogP contribution in [-0.4, -0.2) is 60.9 Å². The van der Waals surface area contributed by atoms with Crippen LogP contribution in [0.4, 0.5) is 0 Å². The van der Waals surface area contributed by atoms with Gasteiger partial charge in [-0.25, -0.2) is 0 Å². The van der Waals surface area contributed by atoms with Crippen molar-refractivity contribution >= 4 is 8.58 Å². The normalized spacial score (nSPS) is 21.0. The zero-order valence-corrected chi connectivity index (χ0v) is 12.6. The van der Waals surface area contributed by atoms with E-state index in [2.05, 4.69) is 37.2 Å². The smallest absolute Gasteiger partial charge is 0.0190 e. The first-order chi connectivity index (χ1) is 7.60. The van der Waals surface area contributed by atoms with E-state index in [0.717, 1.165) is 8.58 Å². The second kappa shape index (κ2) is 6.93. The molecule has 1 fully saturated rings. The molecule has 1 atom stereocenters. The van der Waals surface area contributed by atoms with Gasteiger partial charge in [0.05, 0.1) is 0 Å². The van der Waals surface area contributed by atoms with Gasteiger partial charge in [-0.05, 0) is 39.6 Å². The minimum absolute atomic E-state index is 0.421. The fraction of sp³-hybridized carbons (Fsp3) is 1.00. The lowest BCUT2D eigenvalue weighted by Gasteiger charge is -2.44. The summed E-state index contributed by atoms with van der Waals surface area (Å²) in [7, 11) is 1.07. The Morgan fingerprint density at radius 3 is 2.25 bits per heavy atom. The van der Waals surface area contributed by atoms with E-state index in [1.165, 1.54) is 51.7 Å². The van der Waals surface area contributed by atoms with Gasteiger partial charge in [-0.2, -0.15) is 0 Å². The van der Waals surface area contributed by atoms with E-state index in [9.17, 15) is 0 Å². The standard InChI is InChI=1S/C13H29N2P/c1-5-6-7-14-8-10-15(11-9-14)13(2,3)12-16-4/h16H,5-12H2,1-4H3. The van der Waals surface area contributed by atoms with Crippen LogP contribution in [0.5, 0.6) is 0 Å². The summed E-state index contributed by atoms with van der Waals surface area (Å²) in [6.07, 6.45) is 4.03. The van der Waals surface area contributed by atoms with Gasteiger partial charge in [0.25, 0.3) is 0 Å². The summed E-state index contributed by atoms with van der Waals surface area (Å²) in [5.74, 6) is 0. The van der Waals surface area contributed by atoms with Crippen LogP contribution in [-0.2, 0) is 0 Å². The van der Waals surface area contributed by atoms with E-state index in [1.54, 1.807) is 0 Å². The van der Waals surface area contributed by atoms with Gasteiger partial charge in [0, 0.05) is 31.7 Å². The minimum Gasteiger partial charge on any atom is -0.301 e. The summed E-state index contributed by atoms with van der Waals surface area (Å²) >= 11 is 0. The molecule has 1 heterocycles. The summed E-state index contributed by atoms with van der Waals surface area (Å²) in [5, 5.41) is 0. The molecule has 0 aromatic carbocycles. The lowest BCUT2D eigenvalue weighted by molar-refractivity contribution is 0.0640. The summed E-state index contributed by atoms with van der Waals surface area (Å²) in [4.78, 5) is 5.32. The fourth-order valence-corrected chi connectivity index (χ4v) is 3.59. The van der Waals surface area contributed by atoms with Crippen molar-refractivity contribution in [2.24, 2.45) is 0 Å². The molecule has 3 heteroatoms. The molecule has 0 aliphatic carbocycles. The third-order valence-corrected chi connectivity index (χ3v) is 4.88. The molecule has 1 saturated heterocycles. The zero-order valence-electron chi connectivity index (χ0n) is 11.6. The van der Waals surface area contributed by atoms with Crippen LogP contribution in [0.25, 0.3) is 0 Å². The number of nitrogens with zero attached hydrogens (tertiary/aromatic N) is 2. The van der Waals surface area contributed by atoms with Gasteiger partial charge in [0.1, 0.15) is 0 Å². The van der Waals surface area contributed by atoms with Crippen molar-refractivity contribution in [1.29, 1.82) is 0 Å². The van der Waals surface area contributed by atoms with Crippen molar-refractivity contribution in [2.75, 3.05) is 45.6 Å². The summed E-state index contributed by atoms with van der Waals surface area (Å²) in [6, 6.07) is 0. The monoisotopic (exact) mass is 244 g/mol. The van der Waals surface area contributed by atoms with Crippen molar-refractivity contribution in [3.8, 4) is 0 Å². The number of piperazine rings is 1. The van der Waals surface area contributed by atoms with Gasteiger partial charge in [-0.1, -0.05) is 13.3 Å². The first kappa shape index (κ1) is 14.4. The second-order valence-corrected chi connectivity index (χ2v) is 6.59. The molecule has 0 spiro atoms. The highest BCUT2D eigenvalue weighted by atomic mass is 31.1. The Morgan fingerprint density at radius 2 is 1.75 bits per heavy atom. The molecule has 16 heavy (non-hydrogen) atoms. The van der Waals surface area contributed by atoms with Gasteiger partial charge in [0.15, 0.2) is 0 Å². The molecule has 1 unspecified atom stereocenters. The maximum atomic E-state index is 2.69. The highest BCUT2D eigenvalue weighted by Crippen LogP contribution is 2.23. The van der Waals surface area contributed by atoms with E-state index in [1.807, 2.05) is 0 Å². The predicted octanol–water partition coefficient (Wildman–Crippen LogP) is 2.49. The van der Waals surface area contributed by atoms with E-state index in [0.29, 0.717) is 5.54 Å². The highest BCUT2D eigenvalue weighted by molar-refractivity contribution is 7.37. The van der Waals surface area contributed by atoms with E-state index in [4.69, 9.17) is 0 Å². The summed E-state index contributed by atoms with van der Waals surface area (Å²) in [5.41, 5.74) is 0.421. The molecular formula is C13H29N2P. The molecule has 1 rings (SSSR count). The molecule has 1 aliphatic heterocycles. The van der Waals surface area contributed by atoms with E-state index < -0.39 is 0 Å². The van der Waals surface area contributed by atoms with Gasteiger partial charge in [-0.15, -0.1) is 8.58 Å². The van der Waals surface area contributed by atoms with Crippen LogP contribution in [0.15, 0.2) is 0 Å². The molecule has 0 N–H and O–H groups in total. The first-order valence-corrected chi connectivity index (χ1v) is 8.43. The SMILES string of the molecule is CCCCN1CCN(C(C)(C)CPC)CC1. The average molecular weight is 244 g/mol. The Labute approximate surface area is 104 Å². The average Bonchev–Trinajstić information content (AvgIpc) is 2.27. The maximum Gasteiger partial charge on any atom is 0.0190 e. The largest absolute Gasteiger partial charge is 0.301 e. The van der Waals surface area contributed by atoms with Crippen molar-refractivity contribution < 1.29 is 0 Å². The molecule has 0 radical (unpaired) electrons. The number of hydrogen-bond acceptors (Lipinski definition) is 2. The third kappa shape index (κ3) is 4.31. The predicted molar refractivity (Wildman–Crippen MR) is 76.1 cm³/mol. The first-order valence-electron chi connectivity index (χ1n) is 6.72. The zero-order chi connectivity index (χ0) is 12.0. The van der Waals surface area contributed by atoms with Crippen molar-refractivity contribution in [3.05, 3.63) is 0 Å². The molecule has 0 saturated carbocycles. The lowest BCUT2D eigenvalue weighted by atomic mass is 10.0. The van der Waals surface area contributed by atoms with Crippen molar-refractivity contribution in [1.82, 2.24) is 9.80 Å². The van der Waals surface area contributed by atoms with Gasteiger partial charge >= 0.3 is 0 Å². The second-order valence-electron chi connectivity index (χ2n) is 5.53. The Hall–Kier alpha value is 0.350. The molecule has 96 valence electrons. The molecular weight excluding hydrogens is 215 g/mol. The summed E-state index contributed by atoms with van der Waals surface area (Å²) < 4.78 is 0. The van der Waals surface area contributed by atoms with Gasteiger partial charge in [-0.3, -0.25) is 4.90 Å². The fourth-order valence-electron chi connectivity index (χ4n) is 2.50. The minimum atomic E-state index is 0.421. The molecule has 2 nitrogen and oxygen atoms in total. The van der Waals surface area contributed by atoms with Crippen LogP contribution in [0.1, 0.15) is 33.6 Å². The maximum absolute atomic E-state index is 2.69. The molecule has 0 bridgehead atoms. The number of unbranched alkanes of at least 4 members (excludes halogenated alkanes) is 1. The van der Waals surface area contributed by atoms with Crippen LogP contribution < -0.4 is 0 Å². The van der Waals surface area contributed by atoms with Crippen LogP contribution in [0.2, 0.25) is 0 Å². The van der Waals surface area contributed by atoms with E-state index in [-0.39, 0.29) is 0 Å². The van der Waals surface area contributed by atoms with E-state index >= 15 is 0 Å². The van der Waals surface area contributed by atoms with Crippen LogP contribution in [0, 0.1) is 0 Å². The Kier molecular flexibility index (Phi) is 6.25. The Bertz CT molecular complexity index is 186. The van der Waals surface area contributed by atoms with Crippen molar-refractivity contribution in [2.45, 2.75) is 39.2 Å². The van der Waals surface area contributed by atoms with Crippen molar-refractivity contribution in [3.63, 3.8) is 0 Å². The highest BCUT2D eigenvalue weighted by Gasteiger charge is 2.28.